The van der Waals surface area contributed by atoms with Crippen LogP contribution in [0.4, 0.5) is 5.69 Å². The zero-order chi connectivity index (χ0) is 19.1. The first-order chi connectivity index (χ1) is 12.5. The van der Waals surface area contributed by atoms with E-state index in [1.165, 1.54) is 33.6 Å². The van der Waals surface area contributed by atoms with Crippen molar-refractivity contribution in [2.24, 2.45) is 5.10 Å². The number of methoxy groups -OCH3 is 3. The number of rotatable bonds is 7. The monoisotopic (exact) mass is 359 g/mol. The lowest BCUT2D eigenvalue weighted by atomic mass is 10.1. The molecule has 9 nitrogen and oxygen atoms in total. The van der Waals surface area contributed by atoms with Crippen LogP contribution in [-0.2, 0) is 0 Å². The highest BCUT2D eigenvalue weighted by Gasteiger charge is 2.32. The van der Waals surface area contributed by atoms with Gasteiger partial charge in [-0.1, -0.05) is 30.3 Å². The first-order valence-corrected chi connectivity index (χ1v) is 7.39. The number of hydrogen-bond acceptors (Lipinski definition) is 7. The summed E-state index contributed by atoms with van der Waals surface area (Å²) >= 11 is 0. The highest BCUT2D eigenvalue weighted by atomic mass is 16.6. The van der Waals surface area contributed by atoms with E-state index >= 15 is 0 Å². The topological polar surface area (TPSA) is 112 Å². The third-order valence-electron chi connectivity index (χ3n) is 3.41. The van der Waals surface area contributed by atoms with E-state index in [9.17, 15) is 14.9 Å². The molecule has 0 aliphatic heterocycles. The van der Waals surface area contributed by atoms with Crippen LogP contribution in [0, 0.1) is 10.1 Å². The van der Waals surface area contributed by atoms with Crippen molar-refractivity contribution in [3.63, 3.8) is 0 Å². The highest BCUT2D eigenvalue weighted by molar-refractivity contribution is 6.01. The number of ether oxygens (including phenoxy) is 3. The Bertz CT molecular complexity index is 836. The van der Waals surface area contributed by atoms with Gasteiger partial charge in [-0.05, 0) is 5.56 Å². The standard InChI is InChI=1S/C17H17N3O6/c1-24-13-9-12(14(20(22)23)16(26-3)15(13)25-2)17(21)19-18-10-11-7-5-4-6-8-11/h4-10H,1-3H3,(H,19,21)/b18-10+. The fourth-order valence-corrected chi connectivity index (χ4v) is 2.26. The van der Waals surface area contributed by atoms with Crippen LogP contribution in [0.2, 0.25) is 0 Å². The second kappa shape index (κ2) is 8.47. The number of nitro groups is 1. The van der Waals surface area contributed by atoms with Crippen molar-refractivity contribution < 1.29 is 23.9 Å². The minimum atomic E-state index is -0.789. The van der Waals surface area contributed by atoms with E-state index in [0.29, 0.717) is 0 Å². The number of benzene rings is 2. The number of carbonyl (C=O) groups is 1. The molecule has 0 aliphatic carbocycles. The number of hydrazone groups is 1. The number of amides is 1. The molecule has 0 bridgehead atoms. The molecule has 0 fully saturated rings. The van der Waals surface area contributed by atoms with Crippen molar-refractivity contribution in [1.29, 1.82) is 0 Å². The van der Waals surface area contributed by atoms with Gasteiger partial charge < -0.3 is 14.2 Å². The average Bonchev–Trinajstić information content (AvgIpc) is 2.66. The molecule has 2 aromatic carbocycles. The Hall–Kier alpha value is -3.62. The molecule has 136 valence electrons. The van der Waals surface area contributed by atoms with E-state index in [4.69, 9.17) is 14.2 Å². The van der Waals surface area contributed by atoms with Crippen LogP contribution >= 0.6 is 0 Å². The summed E-state index contributed by atoms with van der Waals surface area (Å²) in [6, 6.07) is 10.2. The van der Waals surface area contributed by atoms with Crippen LogP contribution in [0.25, 0.3) is 0 Å². The second-order valence-corrected chi connectivity index (χ2v) is 4.91. The van der Waals surface area contributed by atoms with E-state index in [-0.39, 0.29) is 22.8 Å². The maximum atomic E-state index is 12.4. The van der Waals surface area contributed by atoms with Crippen LogP contribution < -0.4 is 19.6 Å². The zero-order valence-electron chi connectivity index (χ0n) is 14.4. The Morgan fingerprint density at radius 2 is 1.77 bits per heavy atom. The molecule has 1 amide bonds. The van der Waals surface area contributed by atoms with Gasteiger partial charge in [-0.25, -0.2) is 5.43 Å². The third kappa shape index (κ3) is 3.89. The van der Waals surface area contributed by atoms with Crippen molar-refractivity contribution >= 4 is 17.8 Å². The molecular weight excluding hydrogens is 342 g/mol. The summed E-state index contributed by atoms with van der Waals surface area (Å²) in [6.45, 7) is 0. The summed E-state index contributed by atoms with van der Waals surface area (Å²) in [4.78, 5) is 23.2. The van der Waals surface area contributed by atoms with Gasteiger partial charge in [0.05, 0.1) is 32.5 Å². The van der Waals surface area contributed by atoms with Crippen molar-refractivity contribution in [2.75, 3.05) is 21.3 Å². The van der Waals surface area contributed by atoms with Crippen LogP contribution in [0.15, 0.2) is 41.5 Å². The van der Waals surface area contributed by atoms with Crippen LogP contribution in [0.3, 0.4) is 0 Å². The molecule has 2 aromatic rings. The van der Waals surface area contributed by atoms with Gasteiger partial charge in [-0.2, -0.15) is 5.10 Å². The van der Waals surface area contributed by atoms with Gasteiger partial charge >= 0.3 is 5.69 Å². The van der Waals surface area contributed by atoms with E-state index < -0.39 is 16.5 Å². The lowest BCUT2D eigenvalue weighted by Crippen LogP contribution is -2.20. The normalized spacial score (nSPS) is 10.4. The molecule has 0 aromatic heterocycles. The molecule has 26 heavy (non-hydrogen) atoms. The lowest BCUT2D eigenvalue weighted by Gasteiger charge is -2.14. The molecule has 0 unspecified atom stereocenters. The molecule has 0 saturated carbocycles. The summed E-state index contributed by atoms with van der Waals surface area (Å²) in [5.41, 5.74) is 2.20. The molecular formula is C17H17N3O6. The Labute approximate surface area is 149 Å². The first kappa shape index (κ1) is 18.7. The van der Waals surface area contributed by atoms with Crippen LogP contribution in [0.1, 0.15) is 15.9 Å². The molecule has 0 heterocycles. The lowest BCUT2D eigenvalue weighted by molar-refractivity contribution is -0.386. The van der Waals surface area contributed by atoms with E-state index in [1.807, 2.05) is 18.2 Å². The predicted octanol–water partition coefficient (Wildman–Crippen LogP) is 2.38. The van der Waals surface area contributed by atoms with E-state index in [2.05, 4.69) is 10.5 Å². The minimum absolute atomic E-state index is 0.0195. The van der Waals surface area contributed by atoms with E-state index in [1.54, 1.807) is 12.1 Å². The molecule has 0 saturated heterocycles. The number of hydrogen-bond donors (Lipinski definition) is 1. The van der Waals surface area contributed by atoms with Gasteiger partial charge in [0.15, 0.2) is 5.75 Å². The smallest absolute Gasteiger partial charge is 0.327 e. The quantitative estimate of drug-likeness (QED) is 0.461. The van der Waals surface area contributed by atoms with Crippen LogP contribution in [-0.4, -0.2) is 38.4 Å². The summed E-state index contributed by atoms with van der Waals surface area (Å²) in [5.74, 6) is -0.865. The summed E-state index contributed by atoms with van der Waals surface area (Å²) in [6.07, 6.45) is 1.42. The molecule has 1 N–H and O–H groups in total. The fourth-order valence-electron chi connectivity index (χ4n) is 2.26. The van der Waals surface area contributed by atoms with Gasteiger partial charge in [0.25, 0.3) is 5.91 Å². The molecule has 0 spiro atoms. The second-order valence-electron chi connectivity index (χ2n) is 4.91. The molecule has 0 atom stereocenters. The molecule has 2 rings (SSSR count). The number of carbonyl (C=O) groups excluding carboxylic acids is 1. The van der Waals surface area contributed by atoms with E-state index in [0.717, 1.165) is 5.56 Å². The average molecular weight is 359 g/mol. The Balaban J connectivity index is 2.42. The van der Waals surface area contributed by atoms with Crippen molar-refractivity contribution in [3.8, 4) is 17.2 Å². The Morgan fingerprint density at radius 1 is 1.12 bits per heavy atom. The maximum absolute atomic E-state index is 12.4. The SMILES string of the molecule is COc1cc(C(=O)N/N=C/c2ccccc2)c([N+](=O)[O-])c(OC)c1OC. The highest BCUT2D eigenvalue weighted by Crippen LogP contribution is 2.46. The predicted molar refractivity (Wildman–Crippen MR) is 94.3 cm³/mol. The molecule has 9 heteroatoms. The third-order valence-corrected chi connectivity index (χ3v) is 3.41. The number of nitro benzene ring substituents is 1. The summed E-state index contributed by atoms with van der Waals surface area (Å²) in [7, 11) is 3.89. The van der Waals surface area contributed by atoms with Gasteiger partial charge in [-0.3, -0.25) is 14.9 Å². The number of nitrogens with one attached hydrogen (secondary N) is 1. The van der Waals surface area contributed by atoms with Gasteiger partial charge in [0.1, 0.15) is 5.56 Å². The summed E-state index contributed by atoms with van der Waals surface area (Å²) < 4.78 is 15.3. The number of nitrogens with zero attached hydrogens (tertiary/aromatic N) is 2. The van der Waals surface area contributed by atoms with Gasteiger partial charge in [0, 0.05) is 6.07 Å². The minimum Gasteiger partial charge on any atom is -0.493 e. The Kier molecular flexibility index (Phi) is 6.10. The summed E-state index contributed by atoms with van der Waals surface area (Å²) in [5, 5.41) is 15.3. The van der Waals surface area contributed by atoms with Gasteiger partial charge in [-0.15, -0.1) is 0 Å². The maximum Gasteiger partial charge on any atom is 0.327 e. The zero-order valence-corrected chi connectivity index (χ0v) is 14.4. The molecule has 0 radical (unpaired) electrons. The molecule has 0 aliphatic rings. The van der Waals surface area contributed by atoms with Crippen molar-refractivity contribution in [1.82, 2.24) is 5.43 Å². The fraction of sp³-hybridized carbons (Fsp3) is 0.176. The van der Waals surface area contributed by atoms with Gasteiger partial charge in [0.2, 0.25) is 11.5 Å². The largest absolute Gasteiger partial charge is 0.493 e. The first-order valence-electron chi connectivity index (χ1n) is 7.39. The van der Waals surface area contributed by atoms with Crippen molar-refractivity contribution in [3.05, 3.63) is 57.6 Å². The Morgan fingerprint density at radius 3 is 2.31 bits per heavy atom. The van der Waals surface area contributed by atoms with Crippen molar-refractivity contribution in [2.45, 2.75) is 0 Å². The van der Waals surface area contributed by atoms with Crippen LogP contribution in [0.5, 0.6) is 17.2 Å².